The summed E-state index contributed by atoms with van der Waals surface area (Å²) in [5, 5.41) is 0. The second-order valence-corrected chi connectivity index (χ2v) is 7.50. The van der Waals surface area contributed by atoms with Gasteiger partial charge in [0.2, 0.25) is 5.91 Å². The molecule has 1 heterocycles. The Labute approximate surface area is 129 Å². The molecule has 126 valence electrons. The lowest BCUT2D eigenvalue weighted by Gasteiger charge is -2.45. The Kier molecular flexibility index (Phi) is 3.90. The van der Waals surface area contributed by atoms with Crippen LogP contribution in [0.5, 0.6) is 0 Å². The van der Waals surface area contributed by atoms with E-state index in [2.05, 4.69) is 0 Å². The van der Waals surface area contributed by atoms with Crippen molar-refractivity contribution in [3.63, 3.8) is 0 Å². The fourth-order valence-corrected chi connectivity index (χ4v) is 3.42. The minimum absolute atomic E-state index is 0.0651. The predicted octanol–water partition coefficient (Wildman–Crippen LogP) is 2.36. The molecule has 2 atom stereocenters. The highest BCUT2D eigenvalue weighted by atomic mass is 19.3. The summed E-state index contributed by atoms with van der Waals surface area (Å²) in [6.07, 6.45) is -0.293. The first kappa shape index (κ1) is 17.0. The van der Waals surface area contributed by atoms with Crippen molar-refractivity contribution in [3.05, 3.63) is 0 Å². The lowest BCUT2D eigenvalue weighted by Crippen LogP contribution is -2.63. The fourth-order valence-electron chi connectivity index (χ4n) is 3.42. The minimum Gasteiger partial charge on any atom is -0.444 e. The van der Waals surface area contributed by atoms with Crippen LogP contribution in [0.1, 0.15) is 33.6 Å². The number of nitrogens with zero attached hydrogens (tertiary/aromatic N) is 2. The Hall–Kier alpha value is -1.40. The molecule has 0 aromatic rings. The molecule has 1 aliphatic carbocycles. The van der Waals surface area contributed by atoms with Crippen molar-refractivity contribution in [3.8, 4) is 0 Å². The Morgan fingerprint density at radius 2 is 1.86 bits per heavy atom. The van der Waals surface area contributed by atoms with E-state index in [0.717, 1.165) is 0 Å². The van der Waals surface area contributed by atoms with Gasteiger partial charge in [-0.15, -0.1) is 0 Å². The van der Waals surface area contributed by atoms with Crippen molar-refractivity contribution in [2.75, 3.05) is 27.2 Å². The molecule has 2 fully saturated rings. The van der Waals surface area contributed by atoms with E-state index < -0.39 is 34.9 Å². The highest BCUT2D eigenvalue weighted by molar-refractivity contribution is 5.85. The molecule has 7 heteroatoms. The third-order valence-electron chi connectivity index (χ3n) is 4.44. The molecule has 5 nitrogen and oxygen atoms in total. The molecule has 2 bridgehead atoms. The number of alkyl halides is 2. The van der Waals surface area contributed by atoms with E-state index in [1.165, 1.54) is 23.9 Å². The van der Waals surface area contributed by atoms with Gasteiger partial charge in [-0.05, 0) is 33.6 Å². The van der Waals surface area contributed by atoms with Crippen molar-refractivity contribution in [1.29, 1.82) is 0 Å². The topological polar surface area (TPSA) is 49.9 Å². The molecule has 0 aromatic heterocycles. The lowest BCUT2D eigenvalue weighted by molar-refractivity contribution is -0.187. The first-order valence-corrected chi connectivity index (χ1v) is 7.48. The van der Waals surface area contributed by atoms with Crippen molar-refractivity contribution in [1.82, 2.24) is 9.80 Å². The Balaban J connectivity index is 2.29. The van der Waals surface area contributed by atoms with Crippen LogP contribution in [-0.4, -0.2) is 60.5 Å². The van der Waals surface area contributed by atoms with Crippen LogP contribution in [0.15, 0.2) is 0 Å². The van der Waals surface area contributed by atoms with Crippen molar-refractivity contribution in [2.24, 2.45) is 11.3 Å². The van der Waals surface area contributed by atoms with Gasteiger partial charge in [-0.2, -0.15) is 0 Å². The van der Waals surface area contributed by atoms with Crippen LogP contribution in [0.25, 0.3) is 0 Å². The number of piperidine rings is 1. The van der Waals surface area contributed by atoms with E-state index in [4.69, 9.17) is 4.74 Å². The summed E-state index contributed by atoms with van der Waals surface area (Å²) in [7, 11) is 2.93. The first-order chi connectivity index (χ1) is 9.91. The number of carbonyl (C=O) groups excluding carboxylic acids is 2. The van der Waals surface area contributed by atoms with E-state index in [0.29, 0.717) is 0 Å². The zero-order valence-corrected chi connectivity index (χ0v) is 13.8. The van der Waals surface area contributed by atoms with Crippen LogP contribution in [0.2, 0.25) is 0 Å². The van der Waals surface area contributed by atoms with E-state index in [9.17, 15) is 18.4 Å². The zero-order chi connectivity index (χ0) is 16.9. The number of amides is 2. The first-order valence-electron chi connectivity index (χ1n) is 7.48. The summed E-state index contributed by atoms with van der Waals surface area (Å²) >= 11 is 0. The SMILES string of the molecule is CN(C)C(=O)C12CCC(CN(C(=O)OC(C)(C)C)C1)C2(F)F. The average molecular weight is 318 g/mol. The molecule has 0 spiro atoms. The molecule has 22 heavy (non-hydrogen) atoms. The highest BCUT2D eigenvalue weighted by Gasteiger charge is 2.70. The predicted molar refractivity (Wildman–Crippen MR) is 76.6 cm³/mol. The molecule has 1 aliphatic heterocycles. The monoisotopic (exact) mass is 318 g/mol. The maximum atomic E-state index is 14.7. The van der Waals surface area contributed by atoms with Crippen LogP contribution in [0.3, 0.4) is 0 Å². The summed E-state index contributed by atoms with van der Waals surface area (Å²) in [6.45, 7) is 4.81. The number of rotatable bonds is 1. The summed E-state index contributed by atoms with van der Waals surface area (Å²) < 4.78 is 34.6. The molecule has 2 aliphatic rings. The van der Waals surface area contributed by atoms with Gasteiger partial charge in [0.05, 0.1) is 0 Å². The average Bonchev–Trinajstić information content (AvgIpc) is 2.52. The molecule has 0 aromatic carbocycles. The molecule has 2 unspecified atom stereocenters. The van der Waals surface area contributed by atoms with Crippen LogP contribution < -0.4 is 0 Å². The Bertz CT molecular complexity index is 488. The van der Waals surface area contributed by atoms with Gasteiger partial charge in [0.25, 0.3) is 5.92 Å². The summed E-state index contributed by atoms with van der Waals surface area (Å²) in [5.74, 6) is -4.70. The molecule has 1 saturated heterocycles. The van der Waals surface area contributed by atoms with Gasteiger partial charge in [0.1, 0.15) is 11.0 Å². The van der Waals surface area contributed by atoms with E-state index in [-0.39, 0.29) is 25.9 Å². The quantitative estimate of drug-likeness (QED) is 0.746. The number of halogens is 2. The summed E-state index contributed by atoms with van der Waals surface area (Å²) in [5.41, 5.74) is -2.52. The number of carbonyl (C=O) groups is 2. The fraction of sp³-hybridized carbons (Fsp3) is 0.867. The molecular formula is C15H24F2N2O3. The smallest absolute Gasteiger partial charge is 0.410 e. The third-order valence-corrected chi connectivity index (χ3v) is 4.44. The number of fused-ring (bicyclic) bond motifs is 2. The second kappa shape index (κ2) is 5.06. The molecule has 2 amide bonds. The van der Waals surface area contributed by atoms with Gasteiger partial charge < -0.3 is 14.5 Å². The third kappa shape index (κ3) is 2.54. The van der Waals surface area contributed by atoms with Gasteiger partial charge in [0, 0.05) is 33.1 Å². The number of ether oxygens (including phenoxy) is 1. The largest absolute Gasteiger partial charge is 0.444 e. The summed E-state index contributed by atoms with van der Waals surface area (Å²) in [4.78, 5) is 27.1. The number of hydrogen-bond donors (Lipinski definition) is 0. The molecule has 0 radical (unpaired) electrons. The van der Waals surface area contributed by atoms with E-state index >= 15 is 0 Å². The maximum absolute atomic E-state index is 14.7. The van der Waals surface area contributed by atoms with Crippen LogP contribution in [0.4, 0.5) is 13.6 Å². The molecule has 2 rings (SSSR count). The Morgan fingerprint density at radius 1 is 1.27 bits per heavy atom. The van der Waals surface area contributed by atoms with Crippen LogP contribution in [-0.2, 0) is 9.53 Å². The van der Waals surface area contributed by atoms with Crippen LogP contribution in [0, 0.1) is 11.3 Å². The molecular weight excluding hydrogens is 294 g/mol. The van der Waals surface area contributed by atoms with E-state index in [1.807, 2.05) is 0 Å². The van der Waals surface area contributed by atoms with Gasteiger partial charge in [-0.25, -0.2) is 13.6 Å². The van der Waals surface area contributed by atoms with Gasteiger partial charge >= 0.3 is 6.09 Å². The van der Waals surface area contributed by atoms with Crippen LogP contribution >= 0.6 is 0 Å². The summed E-state index contributed by atoms with van der Waals surface area (Å²) in [6, 6.07) is 0. The Morgan fingerprint density at radius 3 is 2.36 bits per heavy atom. The van der Waals surface area contributed by atoms with Gasteiger partial charge in [0.15, 0.2) is 0 Å². The number of likely N-dealkylation sites (tertiary alicyclic amines) is 1. The van der Waals surface area contributed by atoms with Gasteiger partial charge in [-0.3, -0.25) is 4.79 Å². The van der Waals surface area contributed by atoms with Crippen molar-refractivity contribution in [2.45, 2.75) is 45.1 Å². The van der Waals surface area contributed by atoms with Gasteiger partial charge in [-0.1, -0.05) is 0 Å². The number of hydrogen-bond acceptors (Lipinski definition) is 3. The van der Waals surface area contributed by atoms with Crippen molar-refractivity contribution < 1.29 is 23.1 Å². The molecule has 1 saturated carbocycles. The lowest BCUT2D eigenvalue weighted by atomic mass is 9.77. The normalized spacial score (nSPS) is 30.1. The maximum Gasteiger partial charge on any atom is 0.410 e. The zero-order valence-electron chi connectivity index (χ0n) is 13.8. The molecule has 0 N–H and O–H groups in total. The van der Waals surface area contributed by atoms with E-state index in [1.54, 1.807) is 20.8 Å². The second-order valence-electron chi connectivity index (χ2n) is 7.50. The highest BCUT2D eigenvalue weighted by Crippen LogP contribution is 2.57. The van der Waals surface area contributed by atoms with Crippen molar-refractivity contribution >= 4 is 12.0 Å². The standard InChI is InChI=1S/C15H24F2N2O3/c1-13(2,3)22-12(21)19-8-10-6-7-14(9-19,15(10,16)17)11(20)18(4)5/h10H,6-9H2,1-5H3. The minimum atomic E-state index is -3.09.